The maximum absolute atomic E-state index is 10.2. The minimum atomic E-state index is -0.389. The van der Waals surface area contributed by atoms with Crippen molar-refractivity contribution in [1.29, 1.82) is 0 Å². The summed E-state index contributed by atoms with van der Waals surface area (Å²) in [6.45, 7) is -0.0486. The minimum Gasteiger partial charge on any atom is -0.467 e. The van der Waals surface area contributed by atoms with Crippen molar-refractivity contribution in [2.75, 3.05) is 20.8 Å². The molecule has 0 saturated carbocycles. The quantitative estimate of drug-likeness (QED) is 0.394. The molecular weight excluding hydrogens is 110 g/mol. The van der Waals surface area contributed by atoms with Crippen LogP contribution in [0.5, 0.6) is 0 Å². The van der Waals surface area contributed by atoms with Gasteiger partial charge in [-0.15, -0.1) is 0 Å². The molecule has 0 bridgehead atoms. The number of rotatable bonds is 3. The summed E-state index contributed by atoms with van der Waals surface area (Å²) < 4.78 is 4.25. The number of hydrogen-bond donors (Lipinski definition) is 1. The molecule has 0 amide bonds. The van der Waals surface area contributed by atoms with E-state index in [1.54, 1.807) is 7.05 Å². The van der Waals surface area contributed by atoms with Crippen LogP contribution in [0.1, 0.15) is 0 Å². The van der Waals surface area contributed by atoms with E-state index in [1.807, 2.05) is 0 Å². The van der Waals surface area contributed by atoms with Gasteiger partial charge in [-0.1, -0.05) is 0 Å². The molecule has 0 atom stereocenters. The molecule has 0 heterocycles. The summed E-state index contributed by atoms with van der Waals surface area (Å²) in [6.07, 6.45) is 0. The van der Waals surface area contributed by atoms with Gasteiger partial charge in [0.15, 0.2) is 6.61 Å². The Bertz CT molecular complexity index is 73.7. The summed E-state index contributed by atoms with van der Waals surface area (Å²) in [5.74, 6) is -0.389. The lowest BCUT2D eigenvalue weighted by atomic mass is 10.7. The second kappa shape index (κ2) is 4.55. The smallest absolute Gasteiger partial charge is 0.333 e. The maximum atomic E-state index is 10.2. The molecule has 0 aliphatic rings. The summed E-state index contributed by atoms with van der Waals surface area (Å²) in [5.41, 5.74) is 2.33. The first kappa shape index (κ1) is 7.39. The fourth-order valence-corrected chi connectivity index (χ4v) is 0.190. The largest absolute Gasteiger partial charge is 0.467 e. The molecule has 0 aromatic rings. The molecule has 0 aromatic carbocycles. The van der Waals surface area contributed by atoms with Crippen LogP contribution in [0.4, 0.5) is 0 Å². The van der Waals surface area contributed by atoms with Crippen LogP contribution < -0.4 is 5.48 Å². The fourth-order valence-electron chi connectivity index (χ4n) is 0.190. The van der Waals surface area contributed by atoms with Gasteiger partial charge in [0.2, 0.25) is 0 Å². The Morgan fingerprint density at radius 1 is 1.75 bits per heavy atom. The Kier molecular flexibility index (Phi) is 4.20. The Morgan fingerprint density at radius 3 is 2.75 bits per heavy atom. The number of hydroxylamine groups is 1. The number of carbonyl (C=O) groups excluding carboxylic acids is 1. The van der Waals surface area contributed by atoms with Gasteiger partial charge in [0.05, 0.1) is 7.11 Å². The van der Waals surface area contributed by atoms with E-state index in [4.69, 9.17) is 0 Å². The van der Waals surface area contributed by atoms with Gasteiger partial charge in [0.1, 0.15) is 0 Å². The molecule has 4 heteroatoms. The molecule has 0 aliphatic heterocycles. The summed E-state index contributed by atoms with van der Waals surface area (Å²) in [4.78, 5) is 14.6. The molecule has 0 aromatic heterocycles. The highest BCUT2D eigenvalue weighted by molar-refractivity contribution is 5.70. The first-order chi connectivity index (χ1) is 3.81. The predicted molar refractivity (Wildman–Crippen MR) is 27.0 cm³/mol. The Hall–Kier alpha value is -0.610. The molecule has 0 spiro atoms. The zero-order valence-electron chi connectivity index (χ0n) is 4.93. The highest BCUT2D eigenvalue weighted by Crippen LogP contribution is 1.71. The van der Waals surface area contributed by atoms with Gasteiger partial charge in [-0.25, -0.2) is 10.3 Å². The van der Waals surface area contributed by atoms with Crippen molar-refractivity contribution in [2.24, 2.45) is 0 Å². The average Bonchev–Trinajstić information content (AvgIpc) is 1.83. The Balaban J connectivity index is 2.99. The van der Waals surface area contributed by atoms with Crippen LogP contribution in [0.15, 0.2) is 0 Å². The van der Waals surface area contributed by atoms with Crippen LogP contribution in [-0.4, -0.2) is 26.7 Å². The molecule has 4 nitrogen and oxygen atoms in total. The van der Waals surface area contributed by atoms with Crippen LogP contribution in [-0.2, 0) is 14.4 Å². The lowest BCUT2D eigenvalue weighted by Gasteiger charge is -1.96. The monoisotopic (exact) mass is 119 g/mol. The van der Waals surface area contributed by atoms with Gasteiger partial charge < -0.3 is 4.74 Å². The van der Waals surface area contributed by atoms with Crippen molar-refractivity contribution < 1.29 is 14.4 Å². The van der Waals surface area contributed by atoms with E-state index in [1.165, 1.54) is 7.11 Å². The first-order valence-corrected chi connectivity index (χ1v) is 2.16. The number of carbonyl (C=O) groups is 1. The normalized spacial score (nSPS) is 8.75. The Morgan fingerprint density at radius 2 is 2.38 bits per heavy atom. The zero-order valence-corrected chi connectivity index (χ0v) is 4.93. The van der Waals surface area contributed by atoms with Crippen molar-refractivity contribution >= 4 is 5.97 Å². The number of esters is 1. The van der Waals surface area contributed by atoms with Crippen molar-refractivity contribution in [3.05, 3.63) is 0 Å². The van der Waals surface area contributed by atoms with Gasteiger partial charge in [-0.2, -0.15) is 0 Å². The molecular formula is C4H9NO3. The highest BCUT2D eigenvalue weighted by Gasteiger charge is 1.95. The molecule has 0 rings (SSSR count). The minimum absolute atomic E-state index is 0.0486. The second-order valence-corrected chi connectivity index (χ2v) is 1.07. The fraction of sp³-hybridized carbons (Fsp3) is 0.750. The van der Waals surface area contributed by atoms with E-state index in [0.29, 0.717) is 0 Å². The zero-order chi connectivity index (χ0) is 6.41. The third-order valence-corrected chi connectivity index (χ3v) is 0.562. The SMILES string of the molecule is CNOCC(=O)OC. The lowest BCUT2D eigenvalue weighted by Crippen LogP contribution is -2.16. The van der Waals surface area contributed by atoms with Crippen LogP contribution in [0.3, 0.4) is 0 Å². The van der Waals surface area contributed by atoms with Crippen LogP contribution in [0.25, 0.3) is 0 Å². The number of hydrogen-bond acceptors (Lipinski definition) is 4. The van der Waals surface area contributed by atoms with E-state index in [2.05, 4.69) is 15.1 Å². The van der Waals surface area contributed by atoms with Crippen molar-refractivity contribution in [2.45, 2.75) is 0 Å². The van der Waals surface area contributed by atoms with Crippen LogP contribution >= 0.6 is 0 Å². The molecule has 8 heavy (non-hydrogen) atoms. The molecule has 0 saturated heterocycles. The average molecular weight is 119 g/mol. The van der Waals surface area contributed by atoms with Crippen molar-refractivity contribution in [3.63, 3.8) is 0 Å². The first-order valence-electron chi connectivity index (χ1n) is 2.16. The Labute approximate surface area is 47.7 Å². The molecule has 0 aliphatic carbocycles. The summed E-state index contributed by atoms with van der Waals surface area (Å²) in [7, 11) is 2.88. The standard InChI is InChI=1S/C4H9NO3/c1-5-8-3-4(6)7-2/h5H,3H2,1-2H3. The number of ether oxygens (including phenoxy) is 1. The van der Waals surface area contributed by atoms with Gasteiger partial charge >= 0.3 is 5.97 Å². The maximum Gasteiger partial charge on any atom is 0.333 e. The third-order valence-electron chi connectivity index (χ3n) is 0.562. The highest BCUT2D eigenvalue weighted by atomic mass is 16.7. The predicted octanol–water partition coefficient (Wildman–Crippen LogP) is -0.690. The van der Waals surface area contributed by atoms with Crippen molar-refractivity contribution in [1.82, 2.24) is 5.48 Å². The van der Waals surface area contributed by atoms with E-state index >= 15 is 0 Å². The van der Waals surface area contributed by atoms with E-state index in [-0.39, 0.29) is 12.6 Å². The third kappa shape index (κ3) is 3.58. The van der Waals surface area contributed by atoms with Crippen molar-refractivity contribution in [3.8, 4) is 0 Å². The van der Waals surface area contributed by atoms with Gasteiger partial charge in [-0.05, 0) is 0 Å². The molecule has 1 N–H and O–H groups in total. The molecule has 0 radical (unpaired) electrons. The van der Waals surface area contributed by atoms with E-state index in [9.17, 15) is 4.79 Å². The topological polar surface area (TPSA) is 47.6 Å². The van der Waals surface area contributed by atoms with Gasteiger partial charge in [0, 0.05) is 7.05 Å². The van der Waals surface area contributed by atoms with Crippen LogP contribution in [0, 0.1) is 0 Å². The number of nitrogens with one attached hydrogen (secondary N) is 1. The molecule has 48 valence electrons. The summed E-state index contributed by atoms with van der Waals surface area (Å²) in [6, 6.07) is 0. The molecule has 0 unspecified atom stereocenters. The summed E-state index contributed by atoms with van der Waals surface area (Å²) in [5, 5.41) is 0. The van der Waals surface area contributed by atoms with Crippen LogP contribution in [0.2, 0.25) is 0 Å². The second-order valence-electron chi connectivity index (χ2n) is 1.07. The van der Waals surface area contributed by atoms with E-state index < -0.39 is 0 Å². The number of methoxy groups -OCH3 is 1. The molecule has 0 fully saturated rings. The van der Waals surface area contributed by atoms with Gasteiger partial charge in [-0.3, -0.25) is 4.84 Å². The van der Waals surface area contributed by atoms with Gasteiger partial charge in [0.25, 0.3) is 0 Å². The lowest BCUT2D eigenvalue weighted by molar-refractivity contribution is -0.148. The summed E-state index contributed by atoms with van der Waals surface area (Å²) >= 11 is 0. The van der Waals surface area contributed by atoms with E-state index in [0.717, 1.165) is 0 Å².